The first-order valence-corrected chi connectivity index (χ1v) is 6.85. The van der Waals surface area contributed by atoms with Crippen LogP contribution >= 0.6 is 0 Å². The first-order valence-electron chi connectivity index (χ1n) is 6.85. The van der Waals surface area contributed by atoms with E-state index >= 15 is 0 Å². The summed E-state index contributed by atoms with van der Waals surface area (Å²) in [6.45, 7) is 1.97. The van der Waals surface area contributed by atoms with Crippen molar-refractivity contribution in [3.05, 3.63) is 17.0 Å². The van der Waals surface area contributed by atoms with Crippen molar-refractivity contribution in [3.8, 4) is 0 Å². The molecule has 0 spiro atoms. The third kappa shape index (κ3) is 2.23. The maximum absolute atomic E-state index is 13.6. The zero-order valence-electron chi connectivity index (χ0n) is 11.3. The molecule has 1 heterocycles. The number of fused-ring (bicyclic) bond motifs is 1. The molecule has 1 aromatic rings. The quantitative estimate of drug-likeness (QED) is 0.806. The second kappa shape index (κ2) is 4.41. The molecule has 1 atom stereocenters. The summed E-state index contributed by atoms with van der Waals surface area (Å²) in [5, 5.41) is 13.2. The van der Waals surface area contributed by atoms with Crippen molar-refractivity contribution >= 4 is 0 Å². The second-order valence-electron chi connectivity index (χ2n) is 6.05. The molecule has 8 heteroatoms. The van der Waals surface area contributed by atoms with Crippen LogP contribution in [0.15, 0.2) is 0 Å². The molecule has 1 fully saturated rings. The third-order valence-corrected chi connectivity index (χ3v) is 4.38. The van der Waals surface area contributed by atoms with Crippen LogP contribution in [0.4, 0.5) is 22.0 Å². The molecule has 1 aromatic heterocycles. The molecule has 21 heavy (non-hydrogen) atoms. The topological polar surface area (TPSA) is 38.0 Å². The standard InChI is InChI=1S/C13H15F5N2O/c1-6-4-7(5-6)20-8-2-3-12(14,15)11(21)9(8)10(19-20)13(16,17)18/h6-7,11,21H,2-5H2,1H3/t6-,7-,11-/m0/s1. The molecule has 0 amide bonds. The molecule has 0 unspecified atom stereocenters. The van der Waals surface area contributed by atoms with Gasteiger partial charge in [-0.2, -0.15) is 18.3 Å². The maximum Gasteiger partial charge on any atom is 0.435 e. The Balaban J connectivity index is 2.10. The Labute approximate surface area is 117 Å². The van der Waals surface area contributed by atoms with Crippen molar-refractivity contribution in [1.29, 1.82) is 0 Å². The molecule has 3 nitrogen and oxygen atoms in total. The lowest BCUT2D eigenvalue weighted by atomic mass is 9.81. The number of rotatable bonds is 1. The fourth-order valence-corrected chi connectivity index (χ4v) is 3.22. The van der Waals surface area contributed by atoms with E-state index in [9.17, 15) is 27.1 Å². The molecule has 0 bridgehead atoms. The van der Waals surface area contributed by atoms with Crippen LogP contribution in [-0.2, 0) is 12.6 Å². The van der Waals surface area contributed by atoms with Gasteiger partial charge in [-0.1, -0.05) is 6.92 Å². The minimum Gasteiger partial charge on any atom is -0.382 e. The molecule has 0 aliphatic heterocycles. The summed E-state index contributed by atoms with van der Waals surface area (Å²) < 4.78 is 67.5. The van der Waals surface area contributed by atoms with Gasteiger partial charge in [-0.15, -0.1) is 0 Å². The molecule has 1 saturated carbocycles. The Morgan fingerprint density at radius 1 is 1.29 bits per heavy atom. The van der Waals surface area contributed by atoms with E-state index in [1.54, 1.807) is 0 Å². The number of hydrogen-bond acceptors (Lipinski definition) is 2. The zero-order valence-corrected chi connectivity index (χ0v) is 11.3. The van der Waals surface area contributed by atoms with E-state index in [1.807, 2.05) is 6.92 Å². The summed E-state index contributed by atoms with van der Waals surface area (Å²) in [7, 11) is 0. The first kappa shape index (κ1) is 14.7. The minimum atomic E-state index is -4.85. The van der Waals surface area contributed by atoms with Gasteiger partial charge >= 0.3 is 6.18 Å². The summed E-state index contributed by atoms with van der Waals surface area (Å²) >= 11 is 0. The van der Waals surface area contributed by atoms with Gasteiger partial charge in [0.15, 0.2) is 5.69 Å². The molecule has 118 valence electrons. The zero-order chi connectivity index (χ0) is 15.6. The lowest BCUT2D eigenvalue weighted by Crippen LogP contribution is -2.34. The van der Waals surface area contributed by atoms with Crippen LogP contribution in [0.5, 0.6) is 0 Å². The van der Waals surface area contributed by atoms with Gasteiger partial charge in [0.2, 0.25) is 0 Å². The van der Waals surface area contributed by atoms with Crippen molar-refractivity contribution in [1.82, 2.24) is 9.78 Å². The summed E-state index contributed by atoms with van der Waals surface area (Å²) in [5.74, 6) is -3.16. The fraction of sp³-hybridized carbons (Fsp3) is 0.769. The van der Waals surface area contributed by atoms with Crippen LogP contribution in [0.2, 0.25) is 0 Å². The normalized spacial score (nSPS) is 31.7. The van der Waals surface area contributed by atoms with Crippen LogP contribution < -0.4 is 0 Å². The largest absolute Gasteiger partial charge is 0.435 e. The predicted molar refractivity (Wildman–Crippen MR) is 62.9 cm³/mol. The van der Waals surface area contributed by atoms with Crippen molar-refractivity contribution < 1.29 is 27.1 Å². The SMILES string of the molecule is C[C@H]1C[C@H](n2nc(C(F)(F)F)c3c2CCC(F)(F)[C@H]3O)C1. The molecule has 2 aliphatic rings. The van der Waals surface area contributed by atoms with E-state index in [0.29, 0.717) is 18.8 Å². The van der Waals surface area contributed by atoms with Gasteiger partial charge in [-0.25, -0.2) is 8.78 Å². The predicted octanol–water partition coefficient (Wildman–Crippen LogP) is 3.49. The van der Waals surface area contributed by atoms with Crippen LogP contribution in [0.1, 0.15) is 55.3 Å². The molecular formula is C13H15F5N2O. The first-order chi connectivity index (χ1) is 9.61. The smallest absolute Gasteiger partial charge is 0.382 e. The van der Waals surface area contributed by atoms with Crippen LogP contribution in [0.3, 0.4) is 0 Å². The number of aliphatic hydroxyl groups is 1. The van der Waals surface area contributed by atoms with E-state index < -0.39 is 35.9 Å². The van der Waals surface area contributed by atoms with Crippen LogP contribution in [0.25, 0.3) is 0 Å². The number of hydrogen-bond donors (Lipinski definition) is 1. The monoisotopic (exact) mass is 310 g/mol. The molecule has 0 radical (unpaired) electrons. The van der Waals surface area contributed by atoms with Gasteiger partial charge in [0.25, 0.3) is 5.92 Å². The Morgan fingerprint density at radius 2 is 1.90 bits per heavy atom. The number of nitrogens with zero attached hydrogens (tertiary/aromatic N) is 2. The third-order valence-electron chi connectivity index (χ3n) is 4.38. The van der Waals surface area contributed by atoms with Gasteiger partial charge in [-0.05, 0) is 25.2 Å². The Kier molecular flexibility index (Phi) is 3.10. The van der Waals surface area contributed by atoms with Crippen molar-refractivity contribution in [3.63, 3.8) is 0 Å². The van der Waals surface area contributed by atoms with Crippen molar-refractivity contribution in [2.75, 3.05) is 0 Å². The number of aromatic nitrogens is 2. The van der Waals surface area contributed by atoms with Crippen LogP contribution in [-0.4, -0.2) is 20.8 Å². The van der Waals surface area contributed by atoms with Gasteiger partial charge in [-0.3, -0.25) is 4.68 Å². The number of aliphatic hydroxyl groups excluding tert-OH is 1. The van der Waals surface area contributed by atoms with E-state index in [1.165, 1.54) is 4.68 Å². The van der Waals surface area contributed by atoms with Crippen molar-refractivity contribution in [2.45, 2.75) is 56.9 Å². The highest BCUT2D eigenvalue weighted by molar-refractivity contribution is 5.35. The summed E-state index contributed by atoms with van der Waals surface area (Å²) in [4.78, 5) is 0. The Morgan fingerprint density at radius 3 is 2.43 bits per heavy atom. The van der Waals surface area contributed by atoms with Gasteiger partial charge in [0, 0.05) is 17.7 Å². The van der Waals surface area contributed by atoms with E-state index in [4.69, 9.17) is 0 Å². The average Bonchev–Trinajstić information content (AvgIpc) is 2.69. The maximum atomic E-state index is 13.6. The molecule has 2 aliphatic carbocycles. The summed E-state index contributed by atoms with van der Waals surface area (Å²) in [6, 6.07) is -0.191. The highest BCUT2D eigenvalue weighted by atomic mass is 19.4. The molecule has 0 saturated heterocycles. The lowest BCUT2D eigenvalue weighted by Gasteiger charge is -2.35. The van der Waals surface area contributed by atoms with Gasteiger partial charge in [0.05, 0.1) is 6.04 Å². The van der Waals surface area contributed by atoms with Crippen LogP contribution in [0, 0.1) is 5.92 Å². The summed E-state index contributed by atoms with van der Waals surface area (Å²) in [5.41, 5.74) is -2.00. The Hall–Kier alpha value is -1.18. The molecular weight excluding hydrogens is 295 g/mol. The molecule has 0 aromatic carbocycles. The highest BCUT2D eigenvalue weighted by Gasteiger charge is 2.52. The van der Waals surface area contributed by atoms with Crippen molar-refractivity contribution in [2.24, 2.45) is 5.92 Å². The van der Waals surface area contributed by atoms with E-state index in [0.717, 1.165) is 0 Å². The number of alkyl halides is 5. The second-order valence-corrected chi connectivity index (χ2v) is 6.05. The lowest BCUT2D eigenvalue weighted by molar-refractivity contribution is -0.150. The van der Waals surface area contributed by atoms with Gasteiger partial charge in [0.1, 0.15) is 6.10 Å². The van der Waals surface area contributed by atoms with E-state index in [2.05, 4.69) is 5.10 Å². The van der Waals surface area contributed by atoms with E-state index in [-0.39, 0.29) is 18.2 Å². The Bertz CT molecular complexity index is 560. The number of halogens is 5. The van der Waals surface area contributed by atoms with Gasteiger partial charge < -0.3 is 5.11 Å². The fourth-order valence-electron chi connectivity index (χ4n) is 3.22. The summed E-state index contributed by atoms with van der Waals surface area (Å²) in [6.07, 6.45) is -6.79. The molecule has 1 N–H and O–H groups in total. The molecule has 3 rings (SSSR count). The average molecular weight is 310 g/mol. The minimum absolute atomic E-state index is 0.109. The highest BCUT2D eigenvalue weighted by Crippen LogP contribution is 2.48.